The molecule has 0 radical (unpaired) electrons. The summed E-state index contributed by atoms with van der Waals surface area (Å²) in [6.07, 6.45) is 1.65. The first kappa shape index (κ1) is 19.1. The number of para-hydroxylation sites is 1. The van der Waals surface area contributed by atoms with Crippen molar-refractivity contribution in [3.05, 3.63) is 68.8 Å². The van der Waals surface area contributed by atoms with E-state index in [1.165, 1.54) is 6.07 Å². The molecular formula is C20H18N2O6. The minimum absolute atomic E-state index is 0.0416. The van der Waals surface area contributed by atoms with Crippen LogP contribution in [0.1, 0.15) is 16.7 Å². The number of benzene rings is 2. The first-order valence-corrected chi connectivity index (χ1v) is 8.51. The number of esters is 1. The Morgan fingerprint density at radius 1 is 1.21 bits per heavy atom. The SMILES string of the molecule is Cc1ccc([N+](=O)[O-])c(NC(=O)COC(=O)C2=Cc3ccccc3OC2)c1C. The van der Waals surface area contributed by atoms with Crippen LogP contribution in [0.3, 0.4) is 0 Å². The summed E-state index contributed by atoms with van der Waals surface area (Å²) in [4.78, 5) is 35.0. The number of aryl methyl sites for hydroxylation is 1. The third-order valence-electron chi connectivity index (χ3n) is 4.40. The van der Waals surface area contributed by atoms with Crippen molar-refractivity contribution < 1.29 is 24.0 Å². The first-order chi connectivity index (χ1) is 13.4. The molecule has 0 fully saturated rings. The molecule has 0 aliphatic carbocycles. The fraction of sp³-hybridized carbons (Fsp3) is 0.200. The first-order valence-electron chi connectivity index (χ1n) is 8.51. The van der Waals surface area contributed by atoms with Gasteiger partial charge in [-0.05, 0) is 37.1 Å². The molecule has 0 spiro atoms. The van der Waals surface area contributed by atoms with Gasteiger partial charge in [0, 0.05) is 11.6 Å². The summed E-state index contributed by atoms with van der Waals surface area (Å²) in [7, 11) is 0. The fourth-order valence-corrected chi connectivity index (χ4v) is 2.74. The molecule has 0 saturated carbocycles. The van der Waals surface area contributed by atoms with Gasteiger partial charge in [-0.1, -0.05) is 24.3 Å². The summed E-state index contributed by atoms with van der Waals surface area (Å²) >= 11 is 0. The van der Waals surface area contributed by atoms with E-state index >= 15 is 0 Å². The predicted octanol–water partition coefficient (Wildman–Crippen LogP) is 3.17. The summed E-state index contributed by atoms with van der Waals surface area (Å²) in [5.41, 5.74) is 2.28. The van der Waals surface area contributed by atoms with Gasteiger partial charge in [0.25, 0.3) is 11.6 Å². The highest BCUT2D eigenvalue weighted by Gasteiger charge is 2.22. The molecule has 0 bridgehead atoms. The number of amides is 1. The number of fused-ring (bicyclic) bond motifs is 1. The van der Waals surface area contributed by atoms with Crippen LogP contribution in [0.25, 0.3) is 6.08 Å². The summed E-state index contributed by atoms with van der Waals surface area (Å²) < 4.78 is 10.5. The quantitative estimate of drug-likeness (QED) is 0.483. The largest absolute Gasteiger partial charge is 0.488 e. The lowest BCUT2D eigenvalue weighted by Crippen LogP contribution is -2.24. The standard InChI is InChI=1S/C20H18N2O6/c1-12-7-8-16(22(25)26)19(13(12)2)21-18(23)11-28-20(24)15-9-14-5-3-4-6-17(14)27-10-15/h3-9H,10-11H2,1-2H3,(H,21,23). The lowest BCUT2D eigenvalue weighted by molar-refractivity contribution is -0.384. The number of anilines is 1. The number of ether oxygens (including phenoxy) is 2. The van der Waals surface area contributed by atoms with E-state index in [1.54, 1.807) is 38.1 Å². The second kappa shape index (κ2) is 7.91. The van der Waals surface area contributed by atoms with Gasteiger partial charge in [-0.15, -0.1) is 0 Å². The number of nitrogens with zero attached hydrogens (tertiary/aromatic N) is 1. The lowest BCUT2D eigenvalue weighted by atomic mass is 10.1. The lowest BCUT2D eigenvalue weighted by Gasteiger charge is -2.17. The van der Waals surface area contributed by atoms with Gasteiger partial charge in [-0.3, -0.25) is 14.9 Å². The molecule has 0 aromatic heterocycles. The van der Waals surface area contributed by atoms with Crippen molar-refractivity contribution in [3.8, 4) is 5.75 Å². The van der Waals surface area contributed by atoms with Crippen LogP contribution >= 0.6 is 0 Å². The number of nitro benzene ring substituents is 1. The van der Waals surface area contributed by atoms with Crippen LogP contribution in [0.2, 0.25) is 0 Å². The summed E-state index contributed by atoms with van der Waals surface area (Å²) in [6.45, 7) is 2.93. The number of carbonyl (C=O) groups excluding carboxylic acids is 2. The van der Waals surface area contributed by atoms with E-state index in [0.717, 1.165) is 11.1 Å². The minimum atomic E-state index is -0.680. The van der Waals surface area contributed by atoms with Crippen molar-refractivity contribution in [1.29, 1.82) is 0 Å². The minimum Gasteiger partial charge on any atom is -0.488 e. The number of nitro groups is 1. The Labute approximate surface area is 160 Å². The number of hydrogen-bond donors (Lipinski definition) is 1. The van der Waals surface area contributed by atoms with Gasteiger partial charge in [-0.2, -0.15) is 0 Å². The van der Waals surface area contributed by atoms with Gasteiger partial charge in [0.15, 0.2) is 6.61 Å². The van der Waals surface area contributed by atoms with Gasteiger partial charge in [0.1, 0.15) is 18.0 Å². The van der Waals surface area contributed by atoms with Crippen LogP contribution < -0.4 is 10.1 Å². The molecule has 144 valence electrons. The van der Waals surface area contributed by atoms with Crippen LogP contribution in [0.15, 0.2) is 42.0 Å². The Bertz CT molecular complexity index is 996. The highest BCUT2D eigenvalue weighted by Crippen LogP contribution is 2.30. The third kappa shape index (κ3) is 4.01. The molecule has 2 aromatic rings. The van der Waals surface area contributed by atoms with E-state index < -0.39 is 23.4 Å². The topological polar surface area (TPSA) is 108 Å². The molecule has 1 N–H and O–H groups in total. The molecule has 8 heteroatoms. The molecule has 0 unspecified atom stereocenters. The maximum atomic E-state index is 12.2. The average Bonchev–Trinajstić information content (AvgIpc) is 2.69. The molecule has 0 saturated heterocycles. The van der Waals surface area contributed by atoms with Crippen LogP contribution in [-0.2, 0) is 14.3 Å². The number of carbonyl (C=O) groups is 2. The molecule has 1 aliphatic rings. The molecule has 0 atom stereocenters. The molecular weight excluding hydrogens is 364 g/mol. The second-order valence-corrected chi connectivity index (χ2v) is 6.28. The van der Waals surface area contributed by atoms with Crippen molar-refractivity contribution >= 4 is 29.3 Å². The van der Waals surface area contributed by atoms with Crippen LogP contribution in [0.4, 0.5) is 11.4 Å². The van der Waals surface area contributed by atoms with Crippen molar-refractivity contribution in [3.63, 3.8) is 0 Å². The second-order valence-electron chi connectivity index (χ2n) is 6.28. The Balaban J connectivity index is 1.66. The van der Waals surface area contributed by atoms with Crippen molar-refractivity contribution in [1.82, 2.24) is 0 Å². The third-order valence-corrected chi connectivity index (χ3v) is 4.40. The average molecular weight is 382 g/mol. The molecule has 1 amide bonds. The zero-order chi connectivity index (χ0) is 20.3. The van der Waals surface area contributed by atoms with E-state index in [2.05, 4.69) is 5.32 Å². The molecule has 28 heavy (non-hydrogen) atoms. The molecule has 8 nitrogen and oxygen atoms in total. The number of hydrogen-bond acceptors (Lipinski definition) is 6. The van der Waals surface area contributed by atoms with Gasteiger partial charge in [0.2, 0.25) is 0 Å². The van der Waals surface area contributed by atoms with Gasteiger partial charge < -0.3 is 14.8 Å². The molecule has 1 heterocycles. The maximum Gasteiger partial charge on any atom is 0.338 e. The summed E-state index contributed by atoms with van der Waals surface area (Å²) in [5, 5.41) is 13.7. The van der Waals surface area contributed by atoms with Crippen LogP contribution in [0.5, 0.6) is 5.75 Å². The highest BCUT2D eigenvalue weighted by atomic mass is 16.6. The number of nitrogens with one attached hydrogen (secondary N) is 1. The fourth-order valence-electron chi connectivity index (χ4n) is 2.74. The smallest absolute Gasteiger partial charge is 0.338 e. The van der Waals surface area contributed by atoms with Crippen LogP contribution in [-0.4, -0.2) is 30.0 Å². The van der Waals surface area contributed by atoms with E-state index in [1.807, 2.05) is 12.1 Å². The zero-order valence-electron chi connectivity index (χ0n) is 15.4. The van der Waals surface area contributed by atoms with Crippen LogP contribution in [0, 0.1) is 24.0 Å². The molecule has 2 aromatic carbocycles. The number of rotatable bonds is 5. The molecule has 1 aliphatic heterocycles. The van der Waals surface area contributed by atoms with Gasteiger partial charge >= 0.3 is 5.97 Å². The monoisotopic (exact) mass is 382 g/mol. The maximum absolute atomic E-state index is 12.2. The van der Waals surface area contributed by atoms with Crippen molar-refractivity contribution in [2.45, 2.75) is 13.8 Å². The van der Waals surface area contributed by atoms with E-state index in [4.69, 9.17) is 9.47 Å². The van der Waals surface area contributed by atoms with E-state index in [9.17, 15) is 19.7 Å². The normalized spacial score (nSPS) is 12.3. The summed E-state index contributed by atoms with van der Waals surface area (Å²) in [6, 6.07) is 10.2. The predicted molar refractivity (Wildman–Crippen MR) is 102 cm³/mol. The Hall–Kier alpha value is -3.68. The van der Waals surface area contributed by atoms with E-state index in [-0.39, 0.29) is 23.6 Å². The Kier molecular flexibility index (Phi) is 5.39. The van der Waals surface area contributed by atoms with E-state index in [0.29, 0.717) is 11.3 Å². The Morgan fingerprint density at radius 2 is 1.96 bits per heavy atom. The Morgan fingerprint density at radius 3 is 2.71 bits per heavy atom. The van der Waals surface area contributed by atoms with Gasteiger partial charge in [-0.25, -0.2) is 4.79 Å². The van der Waals surface area contributed by atoms with Gasteiger partial charge in [0.05, 0.1) is 10.5 Å². The highest BCUT2D eigenvalue weighted by molar-refractivity contribution is 5.99. The summed E-state index contributed by atoms with van der Waals surface area (Å²) in [5.74, 6) is -0.679. The zero-order valence-corrected chi connectivity index (χ0v) is 15.4. The molecule has 3 rings (SSSR count). The van der Waals surface area contributed by atoms with Crippen molar-refractivity contribution in [2.75, 3.05) is 18.5 Å². The van der Waals surface area contributed by atoms with Crippen molar-refractivity contribution in [2.24, 2.45) is 0 Å².